The smallest absolute Gasteiger partial charge is 0.293 e. The van der Waals surface area contributed by atoms with Crippen LogP contribution in [0.1, 0.15) is 19.4 Å². The van der Waals surface area contributed by atoms with Crippen LogP contribution in [-0.4, -0.2) is 10.5 Å². The molecule has 1 N–H and O–H groups in total. The molecule has 0 unspecified atom stereocenters. The molecule has 0 atom stereocenters. The predicted molar refractivity (Wildman–Crippen MR) is 64.3 cm³/mol. The Morgan fingerprint density at radius 3 is 2.65 bits per heavy atom. The van der Waals surface area contributed by atoms with E-state index in [2.05, 4.69) is 11.2 Å². The summed E-state index contributed by atoms with van der Waals surface area (Å²) in [5.74, 6) is 2.49. The van der Waals surface area contributed by atoms with E-state index in [1.807, 2.05) is 6.07 Å². The second-order valence-corrected chi connectivity index (χ2v) is 4.00. The van der Waals surface area contributed by atoms with Gasteiger partial charge in [0.15, 0.2) is 0 Å². The van der Waals surface area contributed by atoms with E-state index in [9.17, 15) is 10.1 Å². The van der Waals surface area contributed by atoms with Gasteiger partial charge in [-0.05, 0) is 26.0 Å². The largest absolute Gasteiger partial charge is 0.364 e. The molecule has 0 aliphatic rings. The number of nitrogens with zero attached hydrogens (tertiary/aromatic N) is 2. The molecule has 0 amide bonds. The summed E-state index contributed by atoms with van der Waals surface area (Å²) in [6, 6.07) is 6.05. The van der Waals surface area contributed by atoms with Gasteiger partial charge in [0.2, 0.25) is 0 Å². The normalized spacial score (nSPS) is 10.1. The standard InChI is InChI=1S/C12H11N3O2/c1-4-12(2,3)14-10-6-5-9(8-13)7-11(10)15(16)17/h1,5-7,14H,2-3H3. The van der Waals surface area contributed by atoms with Gasteiger partial charge in [-0.2, -0.15) is 5.26 Å². The number of nitro groups is 1. The fourth-order valence-electron chi connectivity index (χ4n) is 1.23. The quantitative estimate of drug-likeness (QED) is 0.490. The Labute approximate surface area is 99.2 Å². The third-order valence-corrected chi connectivity index (χ3v) is 2.13. The van der Waals surface area contributed by atoms with E-state index in [1.54, 1.807) is 13.8 Å². The minimum Gasteiger partial charge on any atom is -0.364 e. The molecule has 0 aromatic heterocycles. The van der Waals surface area contributed by atoms with Gasteiger partial charge < -0.3 is 5.32 Å². The fourth-order valence-corrected chi connectivity index (χ4v) is 1.23. The zero-order valence-electron chi connectivity index (χ0n) is 9.52. The number of terminal acetylenes is 1. The van der Waals surface area contributed by atoms with Gasteiger partial charge in [-0.25, -0.2) is 0 Å². The molecule has 5 heteroatoms. The number of nitro benzene ring substituents is 1. The molecule has 0 saturated carbocycles. The van der Waals surface area contributed by atoms with Gasteiger partial charge in [-0.1, -0.05) is 5.92 Å². The third kappa shape index (κ3) is 2.96. The Morgan fingerprint density at radius 2 is 2.18 bits per heavy atom. The maximum absolute atomic E-state index is 10.9. The topological polar surface area (TPSA) is 79.0 Å². The zero-order chi connectivity index (χ0) is 13.1. The molecule has 0 aliphatic heterocycles. The van der Waals surface area contributed by atoms with Crippen LogP contribution in [0.4, 0.5) is 11.4 Å². The van der Waals surface area contributed by atoms with Crippen molar-refractivity contribution in [1.82, 2.24) is 0 Å². The average molecular weight is 229 g/mol. The highest BCUT2D eigenvalue weighted by Gasteiger charge is 2.20. The number of nitrogens with one attached hydrogen (secondary N) is 1. The lowest BCUT2D eigenvalue weighted by molar-refractivity contribution is -0.384. The maximum Gasteiger partial charge on any atom is 0.293 e. The van der Waals surface area contributed by atoms with Crippen molar-refractivity contribution < 1.29 is 4.92 Å². The van der Waals surface area contributed by atoms with Crippen molar-refractivity contribution in [2.24, 2.45) is 0 Å². The SMILES string of the molecule is C#CC(C)(C)Nc1ccc(C#N)cc1[N+](=O)[O-]. The summed E-state index contributed by atoms with van der Waals surface area (Å²) < 4.78 is 0. The predicted octanol–water partition coefficient (Wildman–Crippen LogP) is 2.29. The molecule has 0 bridgehead atoms. The van der Waals surface area contributed by atoms with E-state index in [0.29, 0.717) is 5.69 Å². The second kappa shape index (κ2) is 4.54. The van der Waals surface area contributed by atoms with Gasteiger partial charge >= 0.3 is 0 Å². The Kier molecular flexibility index (Phi) is 3.35. The summed E-state index contributed by atoms with van der Waals surface area (Å²) in [6.07, 6.45) is 5.30. The van der Waals surface area contributed by atoms with Crippen molar-refractivity contribution in [2.45, 2.75) is 19.4 Å². The van der Waals surface area contributed by atoms with Crippen molar-refractivity contribution >= 4 is 11.4 Å². The summed E-state index contributed by atoms with van der Waals surface area (Å²) in [4.78, 5) is 10.3. The first-order valence-electron chi connectivity index (χ1n) is 4.84. The van der Waals surface area contributed by atoms with Gasteiger partial charge in [0.25, 0.3) is 5.69 Å². The van der Waals surface area contributed by atoms with E-state index >= 15 is 0 Å². The second-order valence-electron chi connectivity index (χ2n) is 4.00. The minimum absolute atomic E-state index is 0.160. The molecule has 1 aromatic rings. The van der Waals surface area contributed by atoms with E-state index in [-0.39, 0.29) is 11.3 Å². The van der Waals surface area contributed by atoms with Gasteiger partial charge in [0.1, 0.15) is 5.69 Å². The lowest BCUT2D eigenvalue weighted by Gasteiger charge is -2.20. The summed E-state index contributed by atoms with van der Waals surface area (Å²) >= 11 is 0. The Morgan fingerprint density at radius 1 is 1.53 bits per heavy atom. The highest BCUT2D eigenvalue weighted by atomic mass is 16.6. The van der Waals surface area contributed by atoms with Crippen LogP contribution in [-0.2, 0) is 0 Å². The Bertz CT molecular complexity index is 536. The number of hydrogen-bond acceptors (Lipinski definition) is 4. The molecule has 17 heavy (non-hydrogen) atoms. The first-order valence-corrected chi connectivity index (χ1v) is 4.84. The van der Waals surface area contributed by atoms with Crippen LogP contribution in [0.5, 0.6) is 0 Å². The maximum atomic E-state index is 10.9. The van der Waals surface area contributed by atoms with Crippen LogP contribution >= 0.6 is 0 Å². The molecule has 0 spiro atoms. The van der Waals surface area contributed by atoms with Crippen molar-refractivity contribution in [3.05, 3.63) is 33.9 Å². The summed E-state index contributed by atoms with van der Waals surface area (Å²) in [5.41, 5.74) is -0.316. The lowest BCUT2D eigenvalue weighted by Crippen LogP contribution is -2.28. The number of benzene rings is 1. The third-order valence-electron chi connectivity index (χ3n) is 2.13. The lowest BCUT2D eigenvalue weighted by atomic mass is 10.1. The summed E-state index contributed by atoms with van der Waals surface area (Å²) in [7, 11) is 0. The molecular formula is C12H11N3O2. The number of nitriles is 1. The molecule has 0 radical (unpaired) electrons. The van der Waals surface area contributed by atoms with E-state index in [1.165, 1.54) is 18.2 Å². The minimum atomic E-state index is -0.696. The van der Waals surface area contributed by atoms with Crippen molar-refractivity contribution in [2.75, 3.05) is 5.32 Å². The Hall–Kier alpha value is -2.53. The van der Waals surface area contributed by atoms with Crippen LogP contribution < -0.4 is 5.32 Å². The first-order chi connectivity index (χ1) is 7.89. The van der Waals surface area contributed by atoms with Crippen LogP contribution in [0, 0.1) is 33.8 Å². The summed E-state index contributed by atoms with van der Waals surface area (Å²) in [5, 5.41) is 22.4. The van der Waals surface area contributed by atoms with Crippen LogP contribution in [0.15, 0.2) is 18.2 Å². The van der Waals surface area contributed by atoms with Crippen molar-refractivity contribution in [3.63, 3.8) is 0 Å². The molecule has 86 valence electrons. The van der Waals surface area contributed by atoms with E-state index in [4.69, 9.17) is 11.7 Å². The fraction of sp³-hybridized carbons (Fsp3) is 0.250. The molecule has 0 fully saturated rings. The molecule has 0 saturated heterocycles. The van der Waals surface area contributed by atoms with Gasteiger partial charge in [0, 0.05) is 6.07 Å². The molecule has 1 rings (SSSR count). The Balaban J connectivity index is 3.22. The molecular weight excluding hydrogens is 218 g/mol. The highest BCUT2D eigenvalue weighted by Crippen LogP contribution is 2.27. The number of hydrogen-bond donors (Lipinski definition) is 1. The van der Waals surface area contributed by atoms with Crippen molar-refractivity contribution in [3.8, 4) is 18.4 Å². The van der Waals surface area contributed by atoms with E-state index < -0.39 is 10.5 Å². The summed E-state index contributed by atoms with van der Waals surface area (Å²) in [6.45, 7) is 3.46. The van der Waals surface area contributed by atoms with Crippen LogP contribution in [0.25, 0.3) is 0 Å². The molecule has 0 aliphatic carbocycles. The monoisotopic (exact) mass is 229 g/mol. The van der Waals surface area contributed by atoms with Crippen LogP contribution in [0.2, 0.25) is 0 Å². The molecule has 5 nitrogen and oxygen atoms in total. The van der Waals surface area contributed by atoms with Crippen LogP contribution in [0.3, 0.4) is 0 Å². The van der Waals surface area contributed by atoms with Gasteiger partial charge in [-0.15, -0.1) is 6.42 Å². The van der Waals surface area contributed by atoms with Gasteiger partial charge in [0.05, 0.1) is 22.1 Å². The van der Waals surface area contributed by atoms with Crippen molar-refractivity contribution in [1.29, 1.82) is 5.26 Å². The molecule has 1 aromatic carbocycles. The molecule has 0 heterocycles. The first kappa shape index (κ1) is 12.5. The zero-order valence-corrected chi connectivity index (χ0v) is 9.52. The number of anilines is 1. The highest BCUT2D eigenvalue weighted by molar-refractivity contribution is 5.65. The van der Waals surface area contributed by atoms with Gasteiger partial charge in [-0.3, -0.25) is 10.1 Å². The average Bonchev–Trinajstić information content (AvgIpc) is 2.29. The number of rotatable bonds is 3. The van der Waals surface area contributed by atoms with E-state index in [0.717, 1.165) is 0 Å².